The molecule has 1 aliphatic heterocycles. The highest BCUT2D eigenvalue weighted by Crippen LogP contribution is 2.24. The highest BCUT2D eigenvalue weighted by atomic mass is 35.5. The normalized spacial score (nSPS) is 16.5. The van der Waals surface area contributed by atoms with Gasteiger partial charge in [-0.25, -0.2) is 13.4 Å². The van der Waals surface area contributed by atoms with Gasteiger partial charge in [-0.15, -0.1) is 0 Å². The van der Waals surface area contributed by atoms with Crippen LogP contribution in [0.1, 0.15) is 19.8 Å². The van der Waals surface area contributed by atoms with Gasteiger partial charge in [0, 0.05) is 42.5 Å². The molecule has 1 amide bonds. The second kappa shape index (κ2) is 7.77. The lowest BCUT2D eigenvalue weighted by Crippen LogP contribution is -2.41. The van der Waals surface area contributed by atoms with Gasteiger partial charge in [-0.05, 0) is 38.0 Å². The Morgan fingerprint density at radius 3 is 2.69 bits per heavy atom. The number of amides is 1. The number of aromatic nitrogens is 2. The van der Waals surface area contributed by atoms with Gasteiger partial charge in [0.05, 0.1) is 6.33 Å². The first kappa shape index (κ1) is 18.9. The maximum absolute atomic E-state index is 12.7. The minimum atomic E-state index is -3.61. The molecule has 0 bridgehead atoms. The second-order valence-electron chi connectivity index (χ2n) is 6.22. The van der Waals surface area contributed by atoms with Crippen molar-refractivity contribution in [3.05, 3.63) is 41.8 Å². The lowest BCUT2D eigenvalue weighted by atomic mass is 9.97. The first-order valence-electron chi connectivity index (χ1n) is 8.48. The van der Waals surface area contributed by atoms with E-state index < -0.39 is 10.0 Å². The summed E-state index contributed by atoms with van der Waals surface area (Å²) in [5.74, 6) is -0.340. The van der Waals surface area contributed by atoms with Crippen LogP contribution in [-0.2, 0) is 21.4 Å². The van der Waals surface area contributed by atoms with E-state index in [-0.39, 0.29) is 16.9 Å². The molecule has 3 rings (SSSR count). The predicted octanol–water partition coefficient (Wildman–Crippen LogP) is 2.60. The zero-order chi connectivity index (χ0) is 18.7. The summed E-state index contributed by atoms with van der Waals surface area (Å²) in [6.07, 6.45) is 3.99. The summed E-state index contributed by atoms with van der Waals surface area (Å²) in [5, 5.41) is 3.45. The fraction of sp³-hybridized carbons (Fsp3) is 0.412. The number of hydrogen-bond donors (Lipinski definition) is 1. The van der Waals surface area contributed by atoms with Gasteiger partial charge in [-0.3, -0.25) is 4.79 Å². The highest BCUT2D eigenvalue weighted by Gasteiger charge is 2.33. The Hall–Kier alpha value is -1.90. The second-order valence-corrected chi connectivity index (χ2v) is 8.54. The molecule has 0 radical (unpaired) electrons. The van der Waals surface area contributed by atoms with Gasteiger partial charge in [-0.2, -0.15) is 4.31 Å². The van der Waals surface area contributed by atoms with Crippen molar-refractivity contribution in [3.63, 3.8) is 0 Å². The van der Waals surface area contributed by atoms with E-state index in [1.54, 1.807) is 28.8 Å². The summed E-state index contributed by atoms with van der Waals surface area (Å²) in [7, 11) is -3.61. The summed E-state index contributed by atoms with van der Waals surface area (Å²) >= 11 is 5.92. The van der Waals surface area contributed by atoms with E-state index in [2.05, 4.69) is 10.3 Å². The number of imidazole rings is 1. The van der Waals surface area contributed by atoms with Crippen molar-refractivity contribution in [3.8, 4) is 0 Å². The third-order valence-corrected chi connectivity index (χ3v) is 6.52. The lowest BCUT2D eigenvalue weighted by Gasteiger charge is -2.29. The molecule has 26 heavy (non-hydrogen) atoms. The Morgan fingerprint density at radius 1 is 1.35 bits per heavy atom. The Kier molecular flexibility index (Phi) is 5.64. The molecule has 0 unspecified atom stereocenters. The van der Waals surface area contributed by atoms with Crippen LogP contribution >= 0.6 is 11.6 Å². The van der Waals surface area contributed by atoms with Gasteiger partial charge in [0.1, 0.15) is 0 Å². The fourth-order valence-electron chi connectivity index (χ4n) is 2.95. The number of piperidine rings is 1. The Labute approximate surface area is 158 Å². The van der Waals surface area contributed by atoms with Crippen LogP contribution in [0.15, 0.2) is 41.8 Å². The van der Waals surface area contributed by atoms with Gasteiger partial charge >= 0.3 is 0 Å². The fourth-order valence-corrected chi connectivity index (χ4v) is 4.54. The van der Waals surface area contributed by atoms with Crippen LogP contribution in [0.25, 0.3) is 0 Å². The molecule has 0 saturated carbocycles. The van der Waals surface area contributed by atoms with Crippen molar-refractivity contribution in [1.82, 2.24) is 13.9 Å². The largest absolute Gasteiger partial charge is 0.336 e. The van der Waals surface area contributed by atoms with Crippen molar-refractivity contribution in [2.24, 2.45) is 5.92 Å². The summed E-state index contributed by atoms with van der Waals surface area (Å²) < 4.78 is 28.4. The van der Waals surface area contributed by atoms with E-state index in [4.69, 9.17) is 11.6 Å². The Balaban J connectivity index is 1.60. The van der Waals surface area contributed by atoms with E-state index in [1.165, 1.54) is 16.8 Å². The highest BCUT2D eigenvalue weighted by molar-refractivity contribution is 7.89. The molecule has 1 saturated heterocycles. The van der Waals surface area contributed by atoms with E-state index in [0.29, 0.717) is 43.2 Å². The molecule has 1 N–H and O–H groups in total. The molecule has 1 aliphatic rings. The van der Waals surface area contributed by atoms with Crippen molar-refractivity contribution < 1.29 is 13.2 Å². The van der Waals surface area contributed by atoms with Crippen LogP contribution < -0.4 is 5.32 Å². The number of benzene rings is 1. The number of carbonyl (C=O) groups excluding carboxylic acids is 1. The van der Waals surface area contributed by atoms with Gasteiger partial charge in [0.2, 0.25) is 5.91 Å². The third-order valence-electron chi connectivity index (χ3n) is 4.50. The predicted molar refractivity (Wildman–Crippen MR) is 99.5 cm³/mol. The van der Waals surface area contributed by atoms with E-state index in [9.17, 15) is 13.2 Å². The smallest absolute Gasteiger partial charge is 0.262 e. The average molecular weight is 397 g/mol. The third kappa shape index (κ3) is 4.08. The monoisotopic (exact) mass is 396 g/mol. The number of sulfonamides is 1. The van der Waals surface area contributed by atoms with Crippen molar-refractivity contribution in [2.45, 2.75) is 31.3 Å². The first-order chi connectivity index (χ1) is 12.4. The number of nitrogens with one attached hydrogen (secondary N) is 1. The average Bonchev–Trinajstić information content (AvgIpc) is 3.12. The van der Waals surface area contributed by atoms with E-state index in [1.807, 2.05) is 6.92 Å². The number of aryl methyl sites for hydroxylation is 1. The number of halogens is 1. The van der Waals surface area contributed by atoms with E-state index in [0.717, 1.165) is 0 Å². The molecule has 0 aliphatic carbocycles. The molecule has 1 aromatic carbocycles. The summed E-state index contributed by atoms with van der Waals surface area (Å²) in [6.45, 7) is 3.18. The van der Waals surface area contributed by atoms with Crippen LogP contribution in [0, 0.1) is 5.92 Å². The maximum atomic E-state index is 12.7. The zero-order valence-corrected chi connectivity index (χ0v) is 16.0. The molecule has 7 nitrogen and oxygen atoms in total. The summed E-state index contributed by atoms with van der Waals surface area (Å²) in [6, 6.07) is 6.96. The molecule has 1 aromatic heterocycles. The minimum Gasteiger partial charge on any atom is -0.336 e. The zero-order valence-electron chi connectivity index (χ0n) is 14.4. The van der Waals surface area contributed by atoms with Crippen LogP contribution in [0.2, 0.25) is 5.02 Å². The van der Waals surface area contributed by atoms with Crippen molar-refractivity contribution >= 4 is 33.2 Å². The Morgan fingerprint density at radius 2 is 2.08 bits per heavy atom. The molecule has 2 heterocycles. The number of anilines is 1. The molecular formula is C17H21ClN4O3S. The molecule has 9 heteroatoms. The van der Waals surface area contributed by atoms with Crippen molar-refractivity contribution in [1.29, 1.82) is 0 Å². The SMILES string of the molecule is CCn1cnc(S(=O)(=O)N2CCC(C(=O)Nc3cccc(Cl)c3)CC2)c1. The van der Waals surface area contributed by atoms with Crippen LogP contribution in [0.3, 0.4) is 0 Å². The maximum Gasteiger partial charge on any atom is 0.262 e. The Bertz CT molecular complexity index is 889. The number of carbonyl (C=O) groups is 1. The lowest BCUT2D eigenvalue weighted by molar-refractivity contribution is -0.120. The van der Waals surface area contributed by atoms with Gasteiger partial charge in [0.15, 0.2) is 5.03 Å². The van der Waals surface area contributed by atoms with Crippen molar-refractivity contribution in [2.75, 3.05) is 18.4 Å². The van der Waals surface area contributed by atoms with Gasteiger partial charge in [0.25, 0.3) is 10.0 Å². The van der Waals surface area contributed by atoms with Crippen LogP contribution in [0.4, 0.5) is 5.69 Å². The standard InChI is InChI=1S/C17H21ClN4O3S/c1-2-21-11-16(19-12-21)26(24,25)22-8-6-13(7-9-22)17(23)20-15-5-3-4-14(18)10-15/h3-5,10-13H,2,6-9H2,1H3,(H,20,23). The topological polar surface area (TPSA) is 84.3 Å². The summed E-state index contributed by atoms with van der Waals surface area (Å²) in [5.41, 5.74) is 0.641. The minimum absolute atomic E-state index is 0.0566. The molecule has 0 spiro atoms. The first-order valence-corrected chi connectivity index (χ1v) is 10.3. The van der Waals surface area contributed by atoms with Gasteiger partial charge in [-0.1, -0.05) is 17.7 Å². The number of rotatable bonds is 5. The molecule has 140 valence electrons. The molecule has 2 aromatic rings. The van der Waals surface area contributed by atoms with Crippen LogP contribution in [-0.4, -0.2) is 41.3 Å². The quantitative estimate of drug-likeness (QED) is 0.841. The number of hydrogen-bond acceptors (Lipinski definition) is 4. The summed E-state index contributed by atoms with van der Waals surface area (Å²) in [4.78, 5) is 16.4. The molecular weight excluding hydrogens is 376 g/mol. The molecule has 0 atom stereocenters. The molecule has 1 fully saturated rings. The van der Waals surface area contributed by atoms with E-state index >= 15 is 0 Å². The number of nitrogens with zero attached hydrogens (tertiary/aromatic N) is 3. The van der Waals surface area contributed by atoms with Gasteiger partial charge < -0.3 is 9.88 Å². The van der Waals surface area contributed by atoms with Crippen LogP contribution in [0.5, 0.6) is 0 Å².